The lowest BCUT2D eigenvalue weighted by atomic mass is 9.32. The maximum absolute atomic E-state index is 6.36. The predicted octanol–water partition coefficient (Wildman–Crippen LogP) is 9.11. The Balaban J connectivity index is 1.33. The lowest BCUT2D eigenvalue weighted by Crippen LogP contribution is -2.66. The van der Waals surface area contributed by atoms with Gasteiger partial charge in [0.15, 0.2) is 0 Å². The summed E-state index contributed by atoms with van der Waals surface area (Å²) < 4.78 is 0. The van der Waals surface area contributed by atoms with E-state index in [2.05, 4.69) is 63.8 Å². The highest BCUT2D eigenvalue weighted by Crippen LogP contribution is 2.76. The van der Waals surface area contributed by atoms with Gasteiger partial charge >= 0.3 is 0 Å². The standard InChI is InChI=1S/C40H46/c1-7-33-26(5)9-24(3)11-35(33)38-17-30-14-31(18-38)20-39(19-30,23-38)37-32-15-28-13-29(16-32)22-40(37,21-28)36-12-25(4)10-27(6)34(36)8-2/h1-2,9-12,28-32,37H,13-23H2,3-6H3. The second-order valence-corrected chi connectivity index (χ2v) is 16.1. The first-order valence-corrected chi connectivity index (χ1v) is 16.3. The van der Waals surface area contributed by atoms with Crippen LogP contribution in [0.2, 0.25) is 0 Å². The summed E-state index contributed by atoms with van der Waals surface area (Å²) in [6, 6.07) is 9.70. The summed E-state index contributed by atoms with van der Waals surface area (Å²) in [6.45, 7) is 9.09. The van der Waals surface area contributed by atoms with E-state index in [9.17, 15) is 0 Å². The van der Waals surface area contributed by atoms with E-state index in [1.807, 2.05) is 0 Å². The second-order valence-electron chi connectivity index (χ2n) is 16.1. The van der Waals surface area contributed by atoms with Gasteiger partial charge in [-0.15, -0.1) is 12.8 Å². The Morgan fingerprint density at radius 1 is 0.625 bits per heavy atom. The molecular weight excluding hydrogens is 480 g/mol. The van der Waals surface area contributed by atoms with Gasteiger partial charge in [0, 0.05) is 16.5 Å². The minimum Gasteiger partial charge on any atom is -0.115 e. The fourth-order valence-corrected chi connectivity index (χ4v) is 13.7. The number of hydrogen-bond donors (Lipinski definition) is 0. The molecule has 0 saturated heterocycles. The Kier molecular flexibility index (Phi) is 5.26. The van der Waals surface area contributed by atoms with Crippen LogP contribution in [-0.2, 0) is 10.8 Å². The molecule has 2 aromatic carbocycles. The van der Waals surface area contributed by atoms with Crippen molar-refractivity contribution in [2.75, 3.05) is 0 Å². The molecule has 0 spiro atoms. The van der Waals surface area contributed by atoms with Crippen molar-refractivity contribution in [3.8, 4) is 24.7 Å². The SMILES string of the molecule is C#Cc1c(C)cc(C)cc1C12CC3CC(C1)CC(C1C4CC5CC(C4)CC1(c1cc(C)cc(C)c1C#C)C5)(C3)C2. The first kappa shape index (κ1) is 25.3. The molecule has 8 fully saturated rings. The number of rotatable bonds is 3. The Morgan fingerprint density at radius 2 is 1.15 bits per heavy atom. The van der Waals surface area contributed by atoms with Crippen molar-refractivity contribution >= 4 is 0 Å². The average molecular weight is 527 g/mol. The van der Waals surface area contributed by atoms with E-state index < -0.39 is 0 Å². The molecule has 8 saturated carbocycles. The molecule has 40 heavy (non-hydrogen) atoms. The van der Waals surface area contributed by atoms with Crippen LogP contribution < -0.4 is 0 Å². The summed E-state index contributed by atoms with van der Waals surface area (Å²) >= 11 is 0. The van der Waals surface area contributed by atoms with E-state index in [1.54, 1.807) is 11.1 Å². The van der Waals surface area contributed by atoms with E-state index >= 15 is 0 Å². The molecule has 0 aliphatic heterocycles. The van der Waals surface area contributed by atoms with E-state index in [0.717, 1.165) is 35.5 Å². The minimum atomic E-state index is 0.260. The Bertz CT molecular complexity index is 1470. The van der Waals surface area contributed by atoms with E-state index in [4.69, 9.17) is 12.8 Å². The molecule has 5 unspecified atom stereocenters. The average Bonchev–Trinajstić information content (AvgIpc) is 2.86. The Hall–Kier alpha value is -2.44. The highest BCUT2D eigenvalue weighted by atomic mass is 14.7. The zero-order valence-electron chi connectivity index (χ0n) is 25.2. The fraction of sp³-hybridized carbons (Fsp3) is 0.600. The van der Waals surface area contributed by atoms with Crippen LogP contribution in [0.5, 0.6) is 0 Å². The van der Waals surface area contributed by atoms with Crippen LogP contribution in [0.15, 0.2) is 24.3 Å². The zero-order chi connectivity index (χ0) is 27.6. The van der Waals surface area contributed by atoms with E-state index in [0.29, 0.717) is 5.41 Å². The van der Waals surface area contributed by atoms with E-state index in [1.165, 1.54) is 104 Å². The molecule has 5 atom stereocenters. The lowest BCUT2D eigenvalue weighted by Gasteiger charge is -2.72. The van der Waals surface area contributed by atoms with Crippen LogP contribution >= 0.6 is 0 Å². The lowest BCUT2D eigenvalue weighted by molar-refractivity contribution is -0.186. The minimum absolute atomic E-state index is 0.260. The summed E-state index contributed by atoms with van der Waals surface area (Å²) in [4.78, 5) is 0. The molecule has 0 radical (unpaired) electrons. The van der Waals surface area contributed by atoms with Crippen LogP contribution in [0.4, 0.5) is 0 Å². The maximum atomic E-state index is 6.36. The number of aryl methyl sites for hydroxylation is 4. The zero-order valence-corrected chi connectivity index (χ0v) is 25.2. The van der Waals surface area contributed by atoms with Crippen molar-refractivity contribution in [3.63, 3.8) is 0 Å². The van der Waals surface area contributed by atoms with Crippen molar-refractivity contribution in [3.05, 3.63) is 68.8 Å². The molecule has 0 amide bonds. The van der Waals surface area contributed by atoms with Gasteiger partial charge in [-0.25, -0.2) is 0 Å². The van der Waals surface area contributed by atoms with Crippen molar-refractivity contribution < 1.29 is 0 Å². The number of hydrogen-bond acceptors (Lipinski definition) is 0. The molecule has 8 aliphatic carbocycles. The summed E-state index contributed by atoms with van der Waals surface area (Å²) in [7, 11) is 0. The highest BCUT2D eigenvalue weighted by molar-refractivity contribution is 5.54. The summed E-state index contributed by atoms with van der Waals surface area (Å²) in [6.07, 6.45) is 28.3. The van der Waals surface area contributed by atoms with Gasteiger partial charge in [-0.05, 0) is 167 Å². The summed E-state index contributed by atoms with van der Waals surface area (Å²) in [5, 5.41) is 0. The van der Waals surface area contributed by atoms with Gasteiger partial charge in [0.25, 0.3) is 0 Å². The third-order valence-electron chi connectivity index (χ3n) is 13.4. The Morgan fingerprint density at radius 3 is 1.73 bits per heavy atom. The maximum Gasteiger partial charge on any atom is 0.0309 e. The normalized spacial score (nSPS) is 42.1. The highest BCUT2D eigenvalue weighted by Gasteiger charge is 2.69. The third-order valence-corrected chi connectivity index (χ3v) is 13.4. The molecule has 0 aromatic heterocycles. The van der Waals surface area contributed by atoms with Crippen LogP contribution in [-0.4, -0.2) is 0 Å². The first-order valence-electron chi connectivity index (χ1n) is 16.3. The smallest absolute Gasteiger partial charge is 0.0309 e. The molecule has 8 bridgehead atoms. The predicted molar refractivity (Wildman–Crippen MR) is 165 cm³/mol. The van der Waals surface area contributed by atoms with Crippen molar-refractivity contribution in [2.45, 2.75) is 109 Å². The Labute approximate surface area is 243 Å². The monoisotopic (exact) mass is 526 g/mol. The second kappa shape index (κ2) is 8.32. The summed E-state index contributed by atoms with van der Waals surface area (Å²) in [5.74, 6) is 11.6. The van der Waals surface area contributed by atoms with E-state index in [-0.39, 0.29) is 10.8 Å². The van der Waals surface area contributed by atoms with Crippen LogP contribution in [0.3, 0.4) is 0 Å². The van der Waals surface area contributed by atoms with Crippen LogP contribution in [0.25, 0.3) is 0 Å². The van der Waals surface area contributed by atoms with Gasteiger partial charge in [0.1, 0.15) is 0 Å². The van der Waals surface area contributed by atoms with Gasteiger partial charge in [-0.2, -0.15) is 0 Å². The quantitative estimate of drug-likeness (QED) is 0.350. The molecule has 10 rings (SSSR count). The molecule has 0 heteroatoms. The molecular formula is C40H46. The van der Waals surface area contributed by atoms with Crippen molar-refractivity contribution in [1.29, 1.82) is 0 Å². The molecule has 0 heterocycles. The third kappa shape index (κ3) is 3.29. The van der Waals surface area contributed by atoms with Gasteiger partial charge < -0.3 is 0 Å². The number of terminal acetylenes is 2. The summed E-state index contributed by atoms with van der Waals surface area (Å²) in [5.41, 5.74) is 11.9. The van der Waals surface area contributed by atoms with Gasteiger partial charge in [-0.1, -0.05) is 47.2 Å². The largest absolute Gasteiger partial charge is 0.115 e. The van der Waals surface area contributed by atoms with Crippen LogP contribution in [0.1, 0.15) is 115 Å². The van der Waals surface area contributed by atoms with Gasteiger partial charge in [0.05, 0.1) is 0 Å². The molecule has 0 N–H and O–H groups in total. The van der Waals surface area contributed by atoms with Crippen LogP contribution in [0, 0.1) is 93.3 Å². The fourth-order valence-electron chi connectivity index (χ4n) is 13.7. The van der Waals surface area contributed by atoms with Gasteiger partial charge in [-0.3, -0.25) is 0 Å². The van der Waals surface area contributed by atoms with Gasteiger partial charge in [0.2, 0.25) is 0 Å². The number of benzene rings is 2. The first-order chi connectivity index (χ1) is 19.2. The molecule has 2 aromatic rings. The molecule has 0 nitrogen and oxygen atoms in total. The molecule has 206 valence electrons. The van der Waals surface area contributed by atoms with Crippen molar-refractivity contribution in [2.24, 2.45) is 40.9 Å². The van der Waals surface area contributed by atoms with Crippen molar-refractivity contribution in [1.82, 2.24) is 0 Å². The molecule has 8 aliphatic rings. The topological polar surface area (TPSA) is 0 Å².